The number of carbonyl (C=O) groups is 2. The van der Waals surface area contributed by atoms with E-state index in [1.54, 1.807) is 35.2 Å². The fraction of sp³-hybridized carbons (Fsp3) is 0.364. The minimum Gasteiger partial charge on any atom is -0.485 e. The van der Waals surface area contributed by atoms with E-state index >= 15 is 0 Å². The highest BCUT2D eigenvalue weighted by Gasteiger charge is 2.47. The maximum atomic E-state index is 12.8. The monoisotopic (exact) mass is 365 g/mol. The summed E-state index contributed by atoms with van der Waals surface area (Å²) in [6.07, 6.45) is 0.387. The molecule has 0 saturated carbocycles. The Hall–Kier alpha value is -2.66. The molecule has 140 valence electrons. The van der Waals surface area contributed by atoms with E-state index in [1.165, 1.54) is 0 Å². The second-order valence-corrected chi connectivity index (χ2v) is 7.73. The molecule has 2 aromatic carbocycles. The largest absolute Gasteiger partial charge is 0.485 e. The first-order valence-corrected chi connectivity index (χ1v) is 9.29. The number of benzene rings is 2. The SMILES string of the molecule is CC1(C)Oc2ccc(C(=O)c3ccccc3)cc2[C@H](N2CCCC2=O)[C@H]1O. The number of likely N-dealkylation sites (tertiary alicyclic amines) is 1. The second kappa shape index (κ2) is 6.50. The molecule has 2 heterocycles. The van der Waals surface area contributed by atoms with Crippen molar-refractivity contribution in [2.24, 2.45) is 0 Å². The highest BCUT2D eigenvalue weighted by molar-refractivity contribution is 6.09. The number of hydrogen-bond acceptors (Lipinski definition) is 4. The average Bonchev–Trinajstić information content (AvgIpc) is 3.08. The molecule has 5 nitrogen and oxygen atoms in total. The Balaban J connectivity index is 1.79. The van der Waals surface area contributed by atoms with E-state index in [-0.39, 0.29) is 11.7 Å². The van der Waals surface area contributed by atoms with Crippen LogP contribution in [0, 0.1) is 0 Å². The molecule has 0 aliphatic carbocycles. The predicted octanol–water partition coefficient (Wildman–Crippen LogP) is 3.11. The van der Waals surface area contributed by atoms with Gasteiger partial charge in [0.15, 0.2) is 5.78 Å². The van der Waals surface area contributed by atoms with Crippen LogP contribution in [0.25, 0.3) is 0 Å². The van der Waals surface area contributed by atoms with Crippen molar-refractivity contribution in [1.82, 2.24) is 4.90 Å². The van der Waals surface area contributed by atoms with Gasteiger partial charge in [0.1, 0.15) is 17.5 Å². The number of aliphatic hydroxyl groups is 1. The predicted molar refractivity (Wildman–Crippen MR) is 101 cm³/mol. The van der Waals surface area contributed by atoms with Gasteiger partial charge in [0.25, 0.3) is 0 Å². The molecule has 0 aromatic heterocycles. The van der Waals surface area contributed by atoms with Crippen molar-refractivity contribution in [3.63, 3.8) is 0 Å². The van der Waals surface area contributed by atoms with Crippen LogP contribution in [-0.4, -0.2) is 39.9 Å². The van der Waals surface area contributed by atoms with Gasteiger partial charge in [0, 0.05) is 29.7 Å². The molecule has 27 heavy (non-hydrogen) atoms. The number of nitrogens with zero attached hydrogens (tertiary/aromatic N) is 1. The van der Waals surface area contributed by atoms with Crippen LogP contribution in [0.15, 0.2) is 48.5 Å². The summed E-state index contributed by atoms with van der Waals surface area (Å²) < 4.78 is 6.00. The third-order valence-electron chi connectivity index (χ3n) is 5.46. The van der Waals surface area contributed by atoms with Gasteiger partial charge < -0.3 is 14.7 Å². The van der Waals surface area contributed by atoms with Crippen LogP contribution < -0.4 is 4.74 Å². The van der Waals surface area contributed by atoms with Crippen LogP contribution in [-0.2, 0) is 4.79 Å². The Morgan fingerprint density at radius 1 is 1.15 bits per heavy atom. The first-order chi connectivity index (χ1) is 12.9. The number of hydrogen-bond donors (Lipinski definition) is 1. The molecule has 4 rings (SSSR count). The van der Waals surface area contributed by atoms with E-state index in [9.17, 15) is 14.7 Å². The molecular formula is C22H23NO4. The van der Waals surface area contributed by atoms with Crippen molar-refractivity contribution in [3.8, 4) is 5.75 Å². The Bertz CT molecular complexity index is 890. The zero-order valence-corrected chi connectivity index (χ0v) is 15.5. The van der Waals surface area contributed by atoms with E-state index in [4.69, 9.17) is 4.74 Å². The molecule has 1 saturated heterocycles. The summed E-state index contributed by atoms with van der Waals surface area (Å²) in [4.78, 5) is 27.0. The van der Waals surface area contributed by atoms with Crippen molar-refractivity contribution in [2.45, 2.75) is 44.4 Å². The van der Waals surface area contributed by atoms with Crippen LogP contribution in [0.5, 0.6) is 5.75 Å². The molecule has 0 unspecified atom stereocenters. The van der Waals surface area contributed by atoms with Gasteiger partial charge in [-0.15, -0.1) is 0 Å². The minimum atomic E-state index is -0.880. The van der Waals surface area contributed by atoms with Crippen LogP contribution in [0.4, 0.5) is 0 Å². The maximum Gasteiger partial charge on any atom is 0.223 e. The minimum absolute atomic E-state index is 0.0301. The van der Waals surface area contributed by atoms with E-state index in [0.717, 1.165) is 6.42 Å². The Labute approximate surface area is 158 Å². The first-order valence-electron chi connectivity index (χ1n) is 9.29. The van der Waals surface area contributed by atoms with Crippen LogP contribution in [0.3, 0.4) is 0 Å². The van der Waals surface area contributed by atoms with E-state index in [0.29, 0.717) is 35.4 Å². The molecule has 2 aliphatic heterocycles. The lowest BCUT2D eigenvalue weighted by Gasteiger charge is -2.45. The normalized spacial score (nSPS) is 23.7. The van der Waals surface area contributed by atoms with Crippen LogP contribution in [0.1, 0.15) is 54.2 Å². The van der Waals surface area contributed by atoms with Gasteiger partial charge in [-0.3, -0.25) is 9.59 Å². The van der Waals surface area contributed by atoms with E-state index in [2.05, 4.69) is 0 Å². The molecule has 0 spiro atoms. The van der Waals surface area contributed by atoms with Gasteiger partial charge in [-0.1, -0.05) is 30.3 Å². The van der Waals surface area contributed by atoms with E-state index < -0.39 is 17.7 Å². The molecule has 0 radical (unpaired) electrons. The fourth-order valence-corrected chi connectivity index (χ4v) is 3.97. The van der Waals surface area contributed by atoms with Crippen molar-refractivity contribution < 1.29 is 19.4 Å². The molecular weight excluding hydrogens is 342 g/mol. The van der Waals surface area contributed by atoms with Gasteiger partial charge in [-0.05, 0) is 38.5 Å². The maximum absolute atomic E-state index is 12.8. The average molecular weight is 365 g/mol. The summed E-state index contributed by atoms with van der Waals surface area (Å²) in [5.74, 6) is 0.548. The lowest BCUT2D eigenvalue weighted by Crippen LogP contribution is -2.53. The zero-order chi connectivity index (χ0) is 19.2. The molecule has 2 aliphatic rings. The quantitative estimate of drug-likeness (QED) is 0.849. The van der Waals surface area contributed by atoms with Gasteiger partial charge in [-0.2, -0.15) is 0 Å². The molecule has 2 aromatic rings. The second-order valence-electron chi connectivity index (χ2n) is 7.73. The molecule has 1 N–H and O–H groups in total. The Kier molecular flexibility index (Phi) is 4.27. The molecule has 1 fully saturated rings. The van der Waals surface area contributed by atoms with E-state index in [1.807, 2.05) is 32.0 Å². The van der Waals surface area contributed by atoms with Gasteiger partial charge in [0.05, 0.1) is 6.04 Å². The van der Waals surface area contributed by atoms with Gasteiger partial charge in [0.2, 0.25) is 5.91 Å². The number of ketones is 1. The number of fused-ring (bicyclic) bond motifs is 1. The zero-order valence-electron chi connectivity index (χ0n) is 15.5. The Morgan fingerprint density at radius 2 is 1.89 bits per heavy atom. The summed E-state index contributed by atoms with van der Waals surface area (Å²) in [5, 5.41) is 11.0. The summed E-state index contributed by atoms with van der Waals surface area (Å²) in [7, 11) is 0. The summed E-state index contributed by atoms with van der Waals surface area (Å²) in [5.41, 5.74) is 0.987. The number of aliphatic hydroxyl groups excluding tert-OH is 1. The van der Waals surface area contributed by atoms with Crippen molar-refractivity contribution in [2.75, 3.05) is 6.54 Å². The van der Waals surface area contributed by atoms with Crippen molar-refractivity contribution in [1.29, 1.82) is 0 Å². The Morgan fingerprint density at radius 3 is 2.56 bits per heavy atom. The molecule has 1 amide bonds. The summed E-state index contributed by atoms with van der Waals surface area (Å²) in [6, 6.07) is 13.8. The molecule has 2 atom stereocenters. The standard InChI is InChI=1S/C22H23NO4/c1-22(2)21(26)19(23-12-6-9-18(23)24)16-13-15(10-11-17(16)27-22)20(25)14-7-4-3-5-8-14/h3-5,7-8,10-11,13,19,21,26H,6,9,12H2,1-2H3/t19-,21+/m0/s1. The lowest BCUT2D eigenvalue weighted by molar-refractivity contribution is -0.139. The fourth-order valence-electron chi connectivity index (χ4n) is 3.97. The van der Waals surface area contributed by atoms with Crippen molar-refractivity contribution >= 4 is 11.7 Å². The number of ether oxygens (including phenoxy) is 1. The van der Waals surface area contributed by atoms with Crippen LogP contribution in [0.2, 0.25) is 0 Å². The topological polar surface area (TPSA) is 66.8 Å². The summed E-state index contributed by atoms with van der Waals surface area (Å²) >= 11 is 0. The number of amides is 1. The number of rotatable bonds is 3. The number of carbonyl (C=O) groups excluding carboxylic acids is 2. The summed E-state index contributed by atoms with van der Waals surface area (Å²) in [6.45, 7) is 4.24. The smallest absolute Gasteiger partial charge is 0.223 e. The van der Waals surface area contributed by atoms with Gasteiger partial charge >= 0.3 is 0 Å². The van der Waals surface area contributed by atoms with Gasteiger partial charge in [-0.25, -0.2) is 0 Å². The first kappa shape index (κ1) is 17.7. The van der Waals surface area contributed by atoms with Crippen LogP contribution >= 0.6 is 0 Å². The lowest BCUT2D eigenvalue weighted by atomic mass is 9.84. The molecule has 5 heteroatoms. The van der Waals surface area contributed by atoms with Crippen molar-refractivity contribution in [3.05, 3.63) is 65.2 Å². The third-order valence-corrected chi connectivity index (χ3v) is 5.46. The highest BCUT2D eigenvalue weighted by atomic mass is 16.5. The molecule has 0 bridgehead atoms. The third kappa shape index (κ3) is 3.02. The highest BCUT2D eigenvalue weighted by Crippen LogP contribution is 2.44.